The van der Waals surface area contributed by atoms with Crippen LogP contribution in [0, 0.1) is 0 Å². The van der Waals surface area contributed by atoms with E-state index in [9.17, 15) is 14.7 Å². The number of ether oxygens (including phenoxy) is 1. The monoisotopic (exact) mass is 461 g/mol. The predicted octanol–water partition coefficient (Wildman–Crippen LogP) is 3.38. The van der Waals surface area contributed by atoms with E-state index in [0.717, 1.165) is 18.4 Å². The molecule has 3 aliphatic heterocycles. The van der Waals surface area contributed by atoms with E-state index in [2.05, 4.69) is 4.90 Å². The van der Waals surface area contributed by atoms with Gasteiger partial charge in [-0.2, -0.15) is 0 Å². The molecule has 0 aromatic heterocycles. The van der Waals surface area contributed by atoms with Crippen LogP contribution in [0.1, 0.15) is 56.9 Å². The lowest BCUT2D eigenvalue weighted by Crippen LogP contribution is -2.58. The Morgan fingerprint density at radius 2 is 1.81 bits per heavy atom. The Hall–Kier alpha value is -1.67. The van der Waals surface area contributed by atoms with Crippen molar-refractivity contribution in [3.8, 4) is 0 Å². The normalized spacial score (nSPS) is 25.7. The highest BCUT2D eigenvalue weighted by atomic mass is 35.5. The summed E-state index contributed by atoms with van der Waals surface area (Å²) in [6, 6.07) is 5.34. The van der Waals surface area contributed by atoms with E-state index in [4.69, 9.17) is 16.3 Å². The van der Waals surface area contributed by atoms with E-state index < -0.39 is 11.1 Å². The lowest BCUT2D eigenvalue weighted by molar-refractivity contribution is -0.128. The first-order valence-corrected chi connectivity index (χ1v) is 12.2. The number of aliphatic hydroxyl groups is 1. The average molecular weight is 462 g/mol. The van der Waals surface area contributed by atoms with Crippen LogP contribution >= 0.6 is 11.6 Å². The summed E-state index contributed by atoms with van der Waals surface area (Å²) < 4.78 is 5.39. The Balaban J connectivity index is 1.33. The first kappa shape index (κ1) is 22.1. The fraction of sp³-hybridized carbons (Fsp3) is 0.667. The van der Waals surface area contributed by atoms with Gasteiger partial charge in [0.2, 0.25) is 0 Å². The Morgan fingerprint density at radius 1 is 1.12 bits per heavy atom. The first-order valence-electron chi connectivity index (χ1n) is 11.8. The molecule has 3 amide bonds. The van der Waals surface area contributed by atoms with Crippen LogP contribution in [0.15, 0.2) is 18.2 Å². The quantitative estimate of drug-likeness (QED) is 0.680. The minimum Gasteiger partial charge on any atom is -0.388 e. The van der Waals surface area contributed by atoms with Crippen LogP contribution in [-0.2, 0) is 9.53 Å². The SMILES string of the molecule is CCN1C(=O)N(c2ccc(C3CC3)c(Cl)c2)C(=O)C12CCN(CC1(O)CCOCC1)CC2. The average Bonchev–Trinajstić information content (AvgIpc) is 3.58. The zero-order valence-corrected chi connectivity index (χ0v) is 19.4. The van der Waals surface area contributed by atoms with Gasteiger partial charge in [-0.1, -0.05) is 17.7 Å². The molecule has 1 aliphatic carbocycles. The van der Waals surface area contributed by atoms with Crippen molar-refractivity contribution in [1.29, 1.82) is 0 Å². The van der Waals surface area contributed by atoms with Gasteiger partial charge in [-0.3, -0.25) is 4.79 Å². The third-order valence-electron chi connectivity index (χ3n) is 7.74. The fourth-order valence-electron chi connectivity index (χ4n) is 5.65. The van der Waals surface area contributed by atoms with Crippen LogP contribution in [0.5, 0.6) is 0 Å². The minimum absolute atomic E-state index is 0.149. The zero-order valence-electron chi connectivity index (χ0n) is 18.7. The number of hydrogen-bond acceptors (Lipinski definition) is 5. The zero-order chi connectivity index (χ0) is 22.5. The number of anilines is 1. The summed E-state index contributed by atoms with van der Waals surface area (Å²) in [5.74, 6) is 0.360. The molecular weight excluding hydrogens is 430 g/mol. The van der Waals surface area contributed by atoms with Gasteiger partial charge < -0.3 is 19.6 Å². The van der Waals surface area contributed by atoms with Gasteiger partial charge in [-0.15, -0.1) is 0 Å². The molecule has 4 aliphatic rings. The van der Waals surface area contributed by atoms with E-state index in [1.165, 1.54) is 4.90 Å². The number of β-amino-alcohol motifs (C(OH)–C–C–N with tert-alkyl or cyclic N) is 1. The molecule has 0 atom stereocenters. The molecule has 7 nitrogen and oxygen atoms in total. The first-order chi connectivity index (χ1) is 15.4. The fourth-order valence-corrected chi connectivity index (χ4v) is 5.98. The molecular formula is C24H32ClN3O4. The smallest absolute Gasteiger partial charge is 0.332 e. The van der Waals surface area contributed by atoms with Gasteiger partial charge in [-0.25, -0.2) is 9.69 Å². The van der Waals surface area contributed by atoms with Crippen molar-refractivity contribution >= 4 is 29.2 Å². The van der Waals surface area contributed by atoms with Gasteiger partial charge in [0.1, 0.15) is 5.54 Å². The second-order valence-corrected chi connectivity index (χ2v) is 10.2. The summed E-state index contributed by atoms with van der Waals surface area (Å²) in [6.07, 6.45) is 4.71. The molecule has 5 rings (SSSR count). The topological polar surface area (TPSA) is 73.3 Å². The Kier molecular flexibility index (Phi) is 5.73. The van der Waals surface area contributed by atoms with Crippen molar-refractivity contribution in [3.05, 3.63) is 28.8 Å². The van der Waals surface area contributed by atoms with E-state index in [1.54, 1.807) is 11.0 Å². The van der Waals surface area contributed by atoms with Crippen LogP contribution in [0.3, 0.4) is 0 Å². The largest absolute Gasteiger partial charge is 0.388 e. The number of urea groups is 1. The van der Waals surface area contributed by atoms with Gasteiger partial charge in [0.15, 0.2) is 0 Å². The maximum atomic E-state index is 13.7. The number of hydrogen-bond donors (Lipinski definition) is 1. The van der Waals surface area contributed by atoms with Crippen molar-refractivity contribution < 1.29 is 19.4 Å². The molecule has 3 saturated heterocycles. The van der Waals surface area contributed by atoms with Crippen LogP contribution in [0.4, 0.5) is 10.5 Å². The third kappa shape index (κ3) is 3.73. The third-order valence-corrected chi connectivity index (χ3v) is 8.07. The van der Waals surface area contributed by atoms with E-state index in [-0.39, 0.29) is 11.9 Å². The van der Waals surface area contributed by atoms with Gasteiger partial charge in [0.25, 0.3) is 5.91 Å². The lowest BCUT2D eigenvalue weighted by atomic mass is 9.84. The maximum Gasteiger partial charge on any atom is 0.332 e. The van der Waals surface area contributed by atoms with Gasteiger partial charge in [0, 0.05) is 57.3 Å². The van der Waals surface area contributed by atoms with E-state index >= 15 is 0 Å². The number of nitrogens with zero attached hydrogens (tertiary/aromatic N) is 3. The standard InChI is InChI=1S/C24H32ClN3O4/c1-2-27-22(30)28(18-5-6-19(17-3-4-17)20(25)15-18)21(29)24(27)7-11-26(12-8-24)16-23(31)9-13-32-14-10-23/h5-6,15,17,31H,2-4,7-14,16H2,1H3. The number of carbonyl (C=O) groups is 2. The Labute approximate surface area is 194 Å². The molecule has 1 N–H and O–H groups in total. The van der Waals surface area contributed by atoms with E-state index in [1.807, 2.05) is 19.1 Å². The number of piperidine rings is 1. The van der Waals surface area contributed by atoms with Crippen LogP contribution < -0.4 is 4.90 Å². The number of amides is 3. The van der Waals surface area contributed by atoms with Gasteiger partial charge in [-0.05, 0) is 56.2 Å². The summed E-state index contributed by atoms with van der Waals surface area (Å²) in [4.78, 5) is 32.3. The molecule has 0 radical (unpaired) electrons. The van der Waals surface area contributed by atoms with Crippen LogP contribution in [0.2, 0.25) is 5.02 Å². The molecule has 4 fully saturated rings. The molecule has 1 saturated carbocycles. The lowest BCUT2D eigenvalue weighted by Gasteiger charge is -2.44. The highest BCUT2D eigenvalue weighted by Gasteiger charge is 2.58. The number of likely N-dealkylation sites (N-methyl/N-ethyl adjacent to an activating group) is 1. The molecule has 174 valence electrons. The number of carbonyl (C=O) groups excluding carboxylic acids is 2. The molecule has 0 unspecified atom stereocenters. The molecule has 1 aromatic carbocycles. The highest BCUT2D eigenvalue weighted by Crippen LogP contribution is 2.45. The van der Waals surface area contributed by atoms with Crippen molar-refractivity contribution in [2.75, 3.05) is 44.3 Å². The van der Waals surface area contributed by atoms with Crippen molar-refractivity contribution in [2.24, 2.45) is 0 Å². The Bertz CT molecular complexity index is 905. The summed E-state index contributed by atoms with van der Waals surface area (Å²) in [6.45, 7) is 5.52. The number of benzene rings is 1. The van der Waals surface area contributed by atoms with Crippen LogP contribution in [-0.4, -0.2) is 77.4 Å². The maximum absolute atomic E-state index is 13.7. The minimum atomic E-state index is -0.817. The molecule has 32 heavy (non-hydrogen) atoms. The summed E-state index contributed by atoms with van der Waals surface area (Å²) in [5, 5.41) is 11.5. The van der Waals surface area contributed by atoms with Crippen molar-refractivity contribution in [2.45, 2.75) is 62.5 Å². The van der Waals surface area contributed by atoms with Gasteiger partial charge in [0.05, 0.1) is 11.3 Å². The summed E-state index contributed by atoms with van der Waals surface area (Å²) in [7, 11) is 0. The van der Waals surface area contributed by atoms with Crippen molar-refractivity contribution in [3.63, 3.8) is 0 Å². The summed E-state index contributed by atoms with van der Waals surface area (Å²) >= 11 is 6.51. The molecule has 0 bridgehead atoms. The summed E-state index contributed by atoms with van der Waals surface area (Å²) in [5.41, 5.74) is 0.122. The number of halogens is 1. The highest BCUT2D eigenvalue weighted by molar-refractivity contribution is 6.32. The number of rotatable bonds is 5. The van der Waals surface area contributed by atoms with Gasteiger partial charge >= 0.3 is 6.03 Å². The Morgan fingerprint density at radius 3 is 2.41 bits per heavy atom. The predicted molar refractivity (Wildman–Crippen MR) is 122 cm³/mol. The number of likely N-dealkylation sites (tertiary alicyclic amines) is 1. The van der Waals surface area contributed by atoms with E-state index in [0.29, 0.717) is 81.7 Å². The molecule has 1 aromatic rings. The van der Waals surface area contributed by atoms with Crippen molar-refractivity contribution in [1.82, 2.24) is 9.80 Å². The second-order valence-electron chi connectivity index (χ2n) is 9.79. The molecule has 8 heteroatoms. The van der Waals surface area contributed by atoms with Crippen LogP contribution in [0.25, 0.3) is 0 Å². The second kappa shape index (κ2) is 8.28. The molecule has 3 heterocycles. The molecule has 1 spiro atoms. The number of imide groups is 1.